The molecule has 88 valence electrons. The van der Waals surface area contributed by atoms with Gasteiger partial charge in [-0.2, -0.15) is 0 Å². The molecule has 1 atom stereocenters. The van der Waals surface area contributed by atoms with Gasteiger partial charge in [0.25, 0.3) is 0 Å². The number of hydrogen-bond donors (Lipinski definition) is 1. The Bertz CT molecular complexity index is 338. The molecular formula is C14H21NO. The van der Waals surface area contributed by atoms with Crippen LogP contribution in [0.25, 0.3) is 0 Å². The van der Waals surface area contributed by atoms with Crippen LogP contribution in [0, 0.1) is 12.3 Å². The van der Waals surface area contributed by atoms with Crippen LogP contribution in [0.2, 0.25) is 0 Å². The minimum Gasteiger partial charge on any atom is -0.388 e. The van der Waals surface area contributed by atoms with E-state index < -0.39 is 0 Å². The van der Waals surface area contributed by atoms with E-state index in [1.54, 1.807) is 0 Å². The standard InChI is InChI=1S/C14H21NO/c1-3-14(8-4-5-9-14)13(16)12-7-6-11(2)15-10-12/h6-7,10,13,16H,3-5,8-9H2,1-2H3. The third-order valence-corrected chi connectivity index (χ3v) is 4.13. The third kappa shape index (κ3) is 1.99. The molecule has 16 heavy (non-hydrogen) atoms. The number of pyridine rings is 1. The normalized spacial score (nSPS) is 20.9. The second-order valence-electron chi connectivity index (χ2n) is 5.06. The summed E-state index contributed by atoms with van der Waals surface area (Å²) in [4.78, 5) is 4.28. The minimum absolute atomic E-state index is 0.108. The van der Waals surface area contributed by atoms with Gasteiger partial charge in [0.1, 0.15) is 0 Å². The fourth-order valence-corrected chi connectivity index (χ4v) is 2.89. The molecule has 0 radical (unpaired) electrons. The summed E-state index contributed by atoms with van der Waals surface area (Å²) in [5.74, 6) is 0. The Kier molecular flexibility index (Phi) is 3.29. The summed E-state index contributed by atoms with van der Waals surface area (Å²) in [5, 5.41) is 10.5. The lowest BCUT2D eigenvalue weighted by molar-refractivity contribution is 0.0235. The lowest BCUT2D eigenvalue weighted by Gasteiger charge is -2.33. The van der Waals surface area contributed by atoms with E-state index in [1.807, 2.05) is 25.3 Å². The Balaban J connectivity index is 2.23. The largest absolute Gasteiger partial charge is 0.388 e. The van der Waals surface area contributed by atoms with Crippen molar-refractivity contribution in [1.82, 2.24) is 4.98 Å². The number of rotatable bonds is 3. The van der Waals surface area contributed by atoms with Crippen LogP contribution in [0.5, 0.6) is 0 Å². The van der Waals surface area contributed by atoms with Gasteiger partial charge in [0.2, 0.25) is 0 Å². The third-order valence-electron chi connectivity index (χ3n) is 4.13. The van der Waals surface area contributed by atoms with Gasteiger partial charge in [-0.1, -0.05) is 25.8 Å². The van der Waals surface area contributed by atoms with Gasteiger partial charge >= 0.3 is 0 Å². The van der Waals surface area contributed by atoms with Crippen molar-refractivity contribution in [3.8, 4) is 0 Å². The maximum Gasteiger partial charge on any atom is 0.0860 e. The maximum absolute atomic E-state index is 10.5. The van der Waals surface area contributed by atoms with Crippen LogP contribution in [0.4, 0.5) is 0 Å². The number of aromatic nitrogens is 1. The number of nitrogens with zero attached hydrogens (tertiary/aromatic N) is 1. The fourth-order valence-electron chi connectivity index (χ4n) is 2.89. The van der Waals surface area contributed by atoms with Crippen LogP contribution in [0.1, 0.15) is 56.4 Å². The van der Waals surface area contributed by atoms with E-state index in [2.05, 4.69) is 11.9 Å². The summed E-state index contributed by atoms with van der Waals surface area (Å²) in [5.41, 5.74) is 2.10. The van der Waals surface area contributed by atoms with Crippen LogP contribution >= 0.6 is 0 Å². The average molecular weight is 219 g/mol. The highest BCUT2D eigenvalue weighted by molar-refractivity contribution is 5.18. The lowest BCUT2D eigenvalue weighted by Crippen LogP contribution is -2.25. The molecule has 0 aromatic carbocycles. The SMILES string of the molecule is CCC1(C(O)c2ccc(C)nc2)CCCC1. The highest BCUT2D eigenvalue weighted by Crippen LogP contribution is 2.49. The van der Waals surface area contributed by atoms with Crippen LogP contribution in [0.15, 0.2) is 18.3 Å². The average Bonchev–Trinajstić information content (AvgIpc) is 2.79. The van der Waals surface area contributed by atoms with Crippen molar-refractivity contribution >= 4 is 0 Å². The van der Waals surface area contributed by atoms with E-state index in [0.29, 0.717) is 0 Å². The van der Waals surface area contributed by atoms with Gasteiger partial charge < -0.3 is 5.11 Å². The molecular weight excluding hydrogens is 198 g/mol. The first-order valence-electron chi connectivity index (χ1n) is 6.28. The smallest absolute Gasteiger partial charge is 0.0860 e. The van der Waals surface area contributed by atoms with Gasteiger partial charge in [0, 0.05) is 17.3 Å². The maximum atomic E-state index is 10.5. The van der Waals surface area contributed by atoms with Gasteiger partial charge in [0.15, 0.2) is 0 Å². The van der Waals surface area contributed by atoms with Crippen molar-refractivity contribution in [3.05, 3.63) is 29.6 Å². The second-order valence-corrected chi connectivity index (χ2v) is 5.06. The van der Waals surface area contributed by atoms with Gasteiger partial charge in [-0.15, -0.1) is 0 Å². The van der Waals surface area contributed by atoms with E-state index in [0.717, 1.165) is 30.5 Å². The van der Waals surface area contributed by atoms with Gasteiger partial charge in [-0.05, 0) is 37.8 Å². The molecule has 2 rings (SSSR count). The summed E-state index contributed by atoms with van der Waals surface area (Å²) in [7, 11) is 0. The predicted octanol–water partition coefficient (Wildman–Crippen LogP) is 3.39. The van der Waals surface area contributed by atoms with E-state index in [-0.39, 0.29) is 11.5 Å². The summed E-state index contributed by atoms with van der Waals surface area (Å²) in [6.07, 6.45) is 7.36. The highest BCUT2D eigenvalue weighted by Gasteiger charge is 2.39. The summed E-state index contributed by atoms with van der Waals surface area (Å²) in [6.45, 7) is 4.16. The Labute approximate surface area is 97.7 Å². The second kappa shape index (κ2) is 4.54. The quantitative estimate of drug-likeness (QED) is 0.845. The number of aryl methyl sites for hydroxylation is 1. The number of hydrogen-bond acceptors (Lipinski definition) is 2. The fraction of sp³-hybridized carbons (Fsp3) is 0.643. The molecule has 0 amide bonds. The molecule has 1 unspecified atom stereocenters. The molecule has 1 aromatic heterocycles. The van der Waals surface area contributed by atoms with Crippen molar-refractivity contribution in [2.75, 3.05) is 0 Å². The van der Waals surface area contributed by atoms with E-state index in [9.17, 15) is 5.11 Å². The molecule has 0 aliphatic heterocycles. The van der Waals surface area contributed by atoms with Crippen LogP contribution < -0.4 is 0 Å². The number of aliphatic hydroxyl groups is 1. The van der Waals surface area contributed by atoms with Gasteiger partial charge in [-0.25, -0.2) is 0 Å². The van der Waals surface area contributed by atoms with Crippen molar-refractivity contribution < 1.29 is 5.11 Å². The molecule has 1 aromatic rings. The van der Waals surface area contributed by atoms with Crippen LogP contribution in [-0.2, 0) is 0 Å². The summed E-state index contributed by atoms with van der Waals surface area (Å²) < 4.78 is 0. The first kappa shape index (κ1) is 11.6. The molecule has 1 aliphatic carbocycles. The Morgan fingerprint density at radius 3 is 2.56 bits per heavy atom. The highest BCUT2D eigenvalue weighted by atomic mass is 16.3. The van der Waals surface area contributed by atoms with Gasteiger partial charge in [-0.3, -0.25) is 4.98 Å². The summed E-state index contributed by atoms with van der Waals surface area (Å²) in [6, 6.07) is 4.00. The molecule has 1 aliphatic rings. The molecule has 0 saturated heterocycles. The molecule has 1 N–H and O–H groups in total. The summed E-state index contributed by atoms with van der Waals surface area (Å²) >= 11 is 0. The first-order chi connectivity index (χ1) is 7.68. The molecule has 2 nitrogen and oxygen atoms in total. The Morgan fingerprint density at radius 2 is 2.06 bits per heavy atom. The van der Waals surface area contributed by atoms with Crippen molar-refractivity contribution in [2.24, 2.45) is 5.41 Å². The van der Waals surface area contributed by atoms with Gasteiger partial charge in [0.05, 0.1) is 6.10 Å². The first-order valence-corrected chi connectivity index (χ1v) is 6.28. The zero-order valence-electron chi connectivity index (χ0n) is 10.2. The van der Waals surface area contributed by atoms with Crippen LogP contribution in [0.3, 0.4) is 0 Å². The molecule has 2 heteroatoms. The topological polar surface area (TPSA) is 33.1 Å². The predicted molar refractivity (Wildman–Crippen MR) is 65.1 cm³/mol. The lowest BCUT2D eigenvalue weighted by atomic mass is 9.75. The number of aliphatic hydroxyl groups excluding tert-OH is 1. The minimum atomic E-state index is -0.340. The molecule has 0 bridgehead atoms. The zero-order valence-corrected chi connectivity index (χ0v) is 10.2. The molecule has 1 saturated carbocycles. The Hall–Kier alpha value is -0.890. The molecule has 0 spiro atoms. The van der Waals surface area contributed by atoms with E-state index in [1.165, 1.54) is 12.8 Å². The van der Waals surface area contributed by atoms with Crippen molar-refractivity contribution in [2.45, 2.75) is 52.1 Å². The van der Waals surface area contributed by atoms with E-state index in [4.69, 9.17) is 0 Å². The van der Waals surface area contributed by atoms with Crippen molar-refractivity contribution in [3.63, 3.8) is 0 Å². The van der Waals surface area contributed by atoms with Crippen molar-refractivity contribution in [1.29, 1.82) is 0 Å². The molecule has 1 fully saturated rings. The Morgan fingerprint density at radius 1 is 1.38 bits per heavy atom. The monoisotopic (exact) mass is 219 g/mol. The molecule has 1 heterocycles. The van der Waals surface area contributed by atoms with E-state index >= 15 is 0 Å². The zero-order chi connectivity index (χ0) is 11.6. The van der Waals surface area contributed by atoms with Crippen LogP contribution in [-0.4, -0.2) is 10.1 Å².